The lowest BCUT2D eigenvalue weighted by Gasteiger charge is -2.46. The van der Waals surface area contributed by atoms with E-state index in [4.69, 9.17) is 15.5 Å². The maximum Gasteiger partial charge on any atom is 0.226 e. The number of rotatable bonds is 3. The Morgan fingerprint density at radius 1 is 1.22 bits per heavy atom. The molecule has 188 valence electrons. The van der Waals surface area contributed by atoms with Crippen LogP contribution in [0.25, 0.3) is 32.2 Å². The molecule has 7 rings (SSSR count). The van der Waals surface area contributed by atoms with Gasteiger partial charge in [-0.1, -0.05) is 0 Å². The number of hydrogen-bond donors (Lipinski definition) is 1. The minimum Gasteiger partial charge on any atom is -0.389 e. The van der Waals surface area contributed by atoms with Crippen molar-refractivity contribution < 1.29 is 13.5 Å². The van der Waals surface area contributed by atoms with Crippen molar-refractivity contribution >= 4 is 43.3 Å². The van der Waals surface area contributed by atoms with E-state index in [-0.39, 0.29) is 50.6 Å². The Bertz CT molecular complexity index is 1660. The summed E-state index contributed by atoms with van der Waals surface area (Å²) in [7, 11) is 4.21. The first-order chi connectivity index (χ1) is 17.9. The van der Waals surface area contributed by atoms with Crippen LogP contribution < -0.4 is 10.6 Å². The van der Waals surface area contributed by atoms with E-state index in [1.807, 2.05) is 6.07 Å². The summed E-state index contributed by atoms with van der Waals surface area (Å²) in [5.41, 5.74) is 8.06. The molecule has 0 amide bonds. The van der Waals surface area contributed by atoms with Crippen molar-refractivity contribution in [3.05, 3.63) is 40.7 Å². The summed E-state index contributed by atoms with van der Waals surface area (Å²) in [5, 5.41) is 10.7. The van der Waals surface area contributed by atoms with Crippen LogP contribution in [-0.4, -0.2) is 52.6 Å². The van der Waals surface area contributed by atoms with Crippen LogP contribution in [0.1, 0.15) is 29.5 Å². The molecular formula is C26H23F2N7OS. The van der Waals surface area contributed by atoms with Crippen molar-refractivity contribution in [1.29, 1.82) is 5.26 Å². The van der Waals surface area contributed by atoms with Crippen molar-refractivity contribution in [1.82, 2.24) is 19.9 Å². The van der Waals surface area contributed by atoms with Crippen molar-refractivity contribution in [2.45, 2.75) is 38.1 Å². The number of nitrogens with zero attached hydrogens (tertiary/aromatic N) is 6. The summed E-state index contributed by atoms with van der Waals surface area (Å²) in [6, 6.07) is 2.93. The van der Waals surface area contributed by atoms with Crippen molar-refractivity contribution in [2.75, 3.05) is 31.3 Å². The highest BCUT2D eigenvalue weighted by atomic mass is 32.1. The van der Waals surface area contributed by atoms with Crippen LogP contribution in [0.4, 0.5) is 19.7 Å². The summed E-state index contributed by atoms with van der Waals surface area (Å²) in [6.45, 7) is 1.28. The maximum absolute atomic E-state index is 16.5. The van der Waals surface area contributed by atoms with Gasteiger partial charge in [0, 0.05) is 41.2 Å². The molecule has 1 saturated carbocycles. The highest BCUT2D eigenvalue weighted by Crippen LogP contribution is 2.46. The molecule has 1 aliphatic carbocycles. The van der Waals surface area contributed by atoms with Crippen LogP contribution in [0.3, 0.4) is 0 Å². The Hall–Kier alpha value is -3.46. The summed E-state index contributed by atoms with van der Waals surface area (Å²) >= 11 is 0.961. The number of nitrogens with two attached hydrogens (primary N) is 1. The molecular weight excluding hydrogens is 496 g/mol. The molecule has 1 aromatic carbocycles. The monoisotopic (exact) mass is 519 g/mol. The smallest absolute Gasteiger partial charge is 0.226 e. The van der Waals surface area contributed by atoms with Gasteiger partial charge in [0.2, 0.25) is 5.95 Å². The highest BCUT2D eigenvalue weighted by Gasteiger charge is 2.50. The lowest BCUT2D eigenvalue weighted by Crippen LogP contribution is -2.55. The average Bonchev–Trinajstić information content (AvgIpc) is 3.56. The average molecular weight is 520 g/mol. The number of nitrogen functional groups attached to an aromatic ring is 1. The Morgan fingerprint density at radius 3 is 2.81 bits per heavy atom. The minimum atomic E-state index is -0.601. The van der Waals surface area contributed by atoms with Gasteiger partial charge in [0.15, 0.2) is 11.6 Å². The van der Waals surface area contributed by atoms with Crippen molar-refractivity contribution in [3.63, 3.8) is 0 Å². The Labute approximate surface area is 215 Å². The van der Waals surface area contributed by atoms with E-state index >= 15 is 4.39 Å². The molecule has 37 heavy (non-hydrogen) atoms. The van der Waals surface area contributed by atoms with E-state index in [0.717, 1.165) is 42.5 Å². The van der Waals surface area contributed by atoms with Crippen LogP contribution in [0.15, 0.2) is 12.4 Å². The number of aromatic nitrogens is 3. The number of anilines is 2. The van der Waals surface area contributed by atoms with Crippen LogP contribution >= 0.6 is 11.3 Å². The number of thiophene rings is 1. The molecule has 3 unspecified atom stereocenters. The lowest BCUT2D eigenvalue weighted by molar-refractivity contribution is 0.0984. The summed E-state index contributed by atoms with van der Waals surface area (Å²) in [5.74, 6) is -0.118. The summed E-state index contributed by atoms with van der Waals surface area (Å²) in [4.78, 5) is 18.1. The first-order valence-electron chi connectivity index (χ1n) is 12.2. The zero-order valence-corrected chi connectivity index (χ0v) is 21.1. The fourth-order valence-electron chi connectivity index (χ4n) is 6.37. The predicted octanol–water partition coefficient (Wildman–Crippen LogP) is 4.20. The summed E-state index contributed by atoms with van der Waals surface area (Å²) < 4.78 is 37.0. The predicted molar refractivity (Wildman–Crippen MR) is 137 cm³/mol. The first kappa shape index (κ1) is 22.7. The molecule has 3 aliphatic rings. The molecule has 2 fully saturated rings. The first-order valence-corrected chi connectivity index (χ1v) is 13.0. The zero-order valence-electron chi connectivity index (χ0n) is 20.3. The number of fused-ring (bicyclic) bond motifs is 5. The Morgan fingerprint density at radius 2 is 2.03 bits per heavy atom. The topological polar surface area (TPSA) is 104 Å². The van der Waals surface area contributed by atoms with E-state index in [1.165, 1.54) is 0 Å². The third-order valence-electron chi connectivity index (χ3n) is 8.23. The third kappa shape index (κ3) is 3.06. The Balaban J connectivity index is 1.43. The van der Waals surface area contributed by atoms with Gasteiger partial charge in [0.25, 0.3) is 0 Å². The number of halogens is 2. The van der Waals surface area contributed by atoms with Gasteiger partial charge in [-0.25, -0.2) is 18.7 Å². The molecule has 2 aliphatic heterocycles. The minimum absolute atomic E-state index is 0.0982. The SMILES string of the molecule is CN(C)C1CC2C1CCN2c1ncc2c3c(c(-c4ncc(F)c5sc(N)c(C#N)c45)c(F)c2n1)COC3. The molecule has 0 spiro atoms. The summed E-state index contributed by atoms with van der Waals surface area (Å²) in [6.07, 6.45) is 4.81. The van der Waals surface area contributed by atoms with Gasteiger partial charge in [-0.05, 0) is 44.0 Å². The van der Waals surface area contributed by atoms with Crippen LogP contribution in [-0.2, 0) is 18.0 Å². The standard InChI is InChI=1S/C26H23F2N7OS/c1-34(2)17-5-18-11(17)3-4-35(18)26-32-7-13-14-9-36-10-15(14)19(21(28)22(13)33-26)23-20-12(6-29)25(30)37-24(20)16(27)8-31-23/h7-8,11,17-18H,3-5,9-10,30H2,1-2H3. The second-order valence-corrected chi connectivity index (χ2v) is 11.2. The van der Waals surface area contributed by atoms with Gasteiger partial charge in [0.1, 0.15) is 16.6 Å². The van der Waals surface area contributed by atoms with Crippen molar-refractivity contribution in [2.24, 2.45) is 5.92 Å². The molecule has 0 bridgehead atoms. The third-order valence-corrected chi connectivity index (χ3v) is 9.25. The molecule has 4 aromatic rings. The molecule has 8 nitrogen and oxygen atoms in total. The van der Waals surface area contributed by atoms with Gasteiger partial charge >= 0.3 is 0 Å². The van der Waals surface area contributed by atoms with Crippen LogP contribution in [0.2, 0.25) is 0 Å². The molecule has 3 aromatic heterocycles. The van der Waals surface area contributed by atoms with Gasteiger partial charge < -0.3 is 20.3 Å². The zero-order chi connectivity index (χ0) is 25.6. The van der Waals surface area contributed by atoms with Crippen molar-refractivity contribution in [3.8, 4) is 17.3 Å². The van der Waals surface area contributed by atoms with E-state index in [1.54, 1.807) is 6.20 Å². The fraction of sp³-hybridized carbons (Fsp3) is 0.385. The van der Waals surface area contributed by atoms with Crippen LogP contribution in [0.5, 0.6) is 0 Å². The van der Waals surface area contributed by atoms with Gasteiger partial charge in [-0.2, -0.15) is 5.26 Å². The molecule has 0 radical (unpaired) electrons. The number of ether oxygens (including phenoxy) is 1. The quantitative estimate of drug-likeness (QED) is 0.430. The van der Waals surface area contributed by atoms with E-state index < -0.39 is 11.6 Å². The second-order valence-electron chi connectivity index (χ2n) is 10.2. The number of benzene rings is 1. The number of pyridine rings is 1. The highest BCUT2D eigenvalue weighted by molar-refractivity contribution is 7.23. The van der Waals surface area contributed by atoms with E-state index in [0.29, 0.717) is 34.9 Å². The largest absolute Gasteiger partial charge is 0.389 e. The van der Waals surface area contributed by atoms with E-state index in [2.05, 4.69) is 33.9 Å². The second kappa shape index (κ2) is 8.02. The lowest BCUT2D eigenvalue weighted by atomic mass is 9.74. The fourth-order valence-corrected chi connectivity index (χ4v) is 7.29. The van der Waals surface area contributed by atoms with Gasteiger partial charge in [-0.3, -0.25) is 4.98 Å². The number of nitriles is 1. The number of hydrogen-bond acceptors (Lipinski definition) is 9. The Kier molecular flexibility index (Phi) is 4.92. The van der Waals surface area contributed by atoms with Gasteiger partial charge in [-0.15, -0.1) is 11.3 Å². The van der Waals surface area contributed by atoms with E-state index in [9.17, 15) is 9.65 Å². The molecule has 1 saturated heterocycles. The van der Waals surface area contributed by atoms with Gasteiger partial charge in [0.05, 0.1) is 35.4 Å². The maximum atomic E-state index is 16.5. The molecule has 5 heterocycles. The molecule has 2 N–H and O–H groups in total. The normalized spacial score (nSPS) is 22.5. The van der Waals surface area contributed by atoms with Crippen LogP contribution in [0, 0.1) is 28.9 Å². The molecule has 11 heteroatoms. The molecule has 3 atom stereocenters.